The molecule has 0 saturated heterocycles. The second kappa shape index (κ2) is 5.21. The predicted octanol–water partition coefficient (Wildman–Crippen LogP) is 2.30. The van der Waals surface area contributed by atoms with Crippen molar-refractivity contribution in [3.05, 3.63) is 34.1 Å². The minimum atomic E-state index is -0.620. The summed E-state index contributed by atoms with van der Waals surface area (Å²) in [6.07, 6.45) is 0. The molecule has 0 radical (unpaired) electrons. The molecule has 86 valence electrons. The maximum Gasteiger partial charge on any atom is 0.254 e. The molecule has 0 heterocycles. The molecular formula is C11H11BrFNO2. The maximum atomic E-state index is 13.3. The minimum absolute atomic E-state index is 0.0810. The number of benzene rings is 1. The number of amides is 1. The smallest absolute Gasteiger partial charge is 0.254 e. The van der Waals surface area contributed by atoms with E-state index in [1.807, 2.05) is 0 Å². The summed E-state index contributed by atoms with van der Waals surface area (Å²) in [4.78, 5) is 22.6. The third-order valence-electron chi connectivity index (χ3n) is 2.13. The summed E-state index contributed by atoms with van der Waals surface area (Å²) >= 11 is 3.15. The van der Waals surface area contributed by atoms with E-state index in [2.05, 4.69) is 21.2 Å². The normalized spacial score (nSPS) is 12.0. The van der Waals surface area contributed by atoms with Crippen LogP contribution < -0.4 is 5.32 Å². The molecule has 1 aromatic rings. The van der Waals surface area contributed by atoms with Gasteiger partial charge in [-0.1, -0.05) is 15.9 Å². The summed E-state index contributed by atoms with van der Waals surface area (Å²) in [5.74, 6) is -1.39. The molecule has 5 heteroatoms. The lowest BCUT2D eigenvalue weighted by atomic mass is 10.1. The topological polar surface area (TPSA) is 46.2 Å². The number of Topliss-reactive ketones (excluding diaryl/α,β-unsaturated/α-hetero) is 1. The Balaban J connectivity index is 2.88. The Morgan fingerprint density at radius 2 is 2.06 bits per heavy atom. The van der Waals surface area contributed by atoms with Crippen molar-refractivity contribution in [2.75, 3.05) is 0 Å². The van der Waals surface area contributed by atoms with Crippen molar-refractivity contribution in [1.29, 1.82) is 0 Å². The molecule has 1 aromatic carbocycles. The SMILES string of the molecule is CC(=O)C(C)NC(=O)c1cc(Br)ccc1F. The van der Waals surface area contributed by atoms with Gasteiger partial charge in [-0.25, -0.2) is 4.39 Å². The molecule has 1 rings (SSSR count). The fourth-order valence-electron chi connectivity index (χ4n) is 1.05. The molecule has 0 aliphatic heterocycles. The van der Waals surface area contributed by atoms with E-state index in [1.165, 1.54) is 25.1 Å². The number of hydrogen-bond donors (Lipinski definition) is 1. The molecule has 0 bridgehead atoms. The van der Waals surface area contributed by atoms with Crippen LogP contribution in [0.4, 0.5) is 4.39 Å². The number of carbonyl (C=O) groups excluding carboxylic acids is 2. The van der Waals surface area contributed by atoms with E-state index >= 15 is 0 Å². The Labute approximate surface area is 101 Å². The van der Waals surface area contributed by atoms with E-state index in [4.69, 9.17) is 0 Å². The van der Waals surface area contributed by atoms with Gasteiger partial charge in [0.25, 0.3) is 5.91 Å². The maximum absolute atomic E-state index is 13.3. The third kappa shape index (κ3) is 3.13. The molecule has 0 aliphatic rings. The largest absolute Gasteiger partial charge is 0.342 e. The Morgan fingerprint density at radius 3 is 2.62 bits per heavy atom. The quantitative estimate of drug-likeness (QED) is 0.927. The lowest BCUT2D eigenvalue weighted by molar-refractivity contribution is -0.118. The van der Waals surface area contributed by atoms with Crippen LogP contribution >= 0.6 is 15.9 Å². The van der Waals surface area contributed by atoms with Gasteiger partial charge in [-0.15, -0.1) is 0 Å². The highest BCUT2D eigenvalue weighted by molar-refractivity contribution is 9.10. The van der Waals surface area contributed by atoms with Crippen molar-refractivity contribution in [1.82, 2.24) is 5.32 Å². The first-order valence-corrected chi connectivity index (χ1v) is 5.47. The van der Waals surface area contributed by atoms with Gasteiger partial charge in [-0.2, -0.15) is 0 Å². The predicted molar refractivity (Wildman–Crippen MR) is 61.7 cm³/mol. The summed E-state index contributed by atoms with van der Waals surface area (Å²) in [5, 5.41) is 2.41. The molecule has 1 unspecified atom stereocenters. The summed E-state index contributed by atoms with van der Waals surface area (Å²) < 4.78 is 13.9. The zero-order valence-electron chi connectivity index (χ0n) is 8.88. The fraction of sp³-hybridized carbons (Fsp3) is 0.273. The molecule has 0 aliphatic carbocycles. The lowest BCUT2D eigenvalue weighted by Gasteiger charge is -2.11. The standard InChI is InChI=1S/C11H11BrFNO2/c1-6(7(2)15)14-11(16)9-5-8(12)3-4-10(9)13/h3-6H,1-2H3,(H,14,16). The average molecular weight is 288 g/mol. The Hall–Kier alpha value is -1.23. The van der Waals surface area contributed by atoms with Gasteiger partial charge in [0.2, 0.25) is 0 Å². The first-order valence-electron chi connectivity index (χ1n) is 4.68. The number of rotatable bonds is 3. The van der Waals surface area contributed by atoms with Crippen LogP contribution in [0.2, 0.25) is 0 Å². The molecule has 0 spiro atoms. The van der Waals surface area contributed by atoms with Crippen molar-refractivity contribution in [2.45, 2.75) is 19.9 Å². The summed E-state index contributed by atoms with van der Waals surface area (Å²) in [6.45, 7) is 2.92. The number of carbonyl (C=O) groups is 2. The molecule has 0 saturated carbocycles. The summed E-state index contributed by atoms with van der Waals surface area (Å²) in [6, 6.07) is 3.45. The molecule has 1 amide bonds. The van der Waals surface area contributed by atoms with E-state index in [0.29, 0.717) is 4.47 Å². The number of halogens is 2. The first-order chi connectivity index (χ1) is 7.41. The lowest BCUT2D eigenvalue weighted by Crippen LogP contribution is -2.37. The van der Waals surface area contributed by atoms with Crippen LogP contribution in [0.25, 0.3) is 0 Å². The van der Waals surface area contributed by atoms with Crippen LogP contribution in [0.15, 0.2) is 22.7 Å². The zero-order chi connectivity index (χ0) is 12.3. The van der Waals surface area contributed by atoms with Crippen LogP contribution in [0.5, 0.6) is 0 Å². The monoisotopic (exact) mass is 287 g/mol. The van der Waals surface area contributed by atoms with Gasteiger partial charge in [0.15, 0.2) is 5.78 Å². The summed E-state index contributed by atoms with van der Waals surface area (Å²) in [5.41, 5.74) is -0.0810. The molecule has 0 aromatic heterocycles. The zero-order valence-corrected chi connectivity index (χ0v) is 10.5. The number of hydrogen-bond acceptors (Lipinski definition) is 2. The van der Waals surface area contributed by atoms with Crippen molar-refractivity contribution in [2.24, 2.45) is 0 Å². The van der Waals surface area contributed by atoms with Gasteiger partial charge in [-0.05, 0) is 32.0 Å². The van der Waals surface area contributed by atoms with Crippen molar-refractivity contribution in [3.63, 3.8) is 0 Å². The van der Waals surface area contributed by atoms with Gasteiger partial charge in [-0.3, -0.25) is 9.59 Å². The van der Waals surface area contributed by atoms with Crippen LogP contribution in [0.1, 0.15) is 24.2 Å². The molecule has 16 heavy (non-hydrogen) atoms. The van der Waals surface area contributed by atoms with Crippen LogP contribution in [0, 0.1) is 5.82 Å². The Morgan fingerprint density at radius 1 is 1.44 bits per heavy atom. The average Bonchev–Trinajstić information content (AvgIpc) is 2.21. The van der Waals surface area contributed by atoms with Crippen LogP contribution in [-0.4, -0.2) is 17.7 Å². The van der Waals surface area contributed by atoms with Crippen LogP contribution in [-0.2, 0) is 4.79 Å². The van der Waals surface area contributed by atoms with Crippen molar-refractivity contribution in [3.8, 4) is 0 Å². The van der Waals surface area contributed by atoms with Gasteiger partial charge >= 0.3 is 0 Å². The van der Waals surface area contributed by atoms with Gasteiger partial charge in [0.1, 0.15) is 5.82 Å². The van der Waals surface area contributed by atoms with E-state index in [-0.39, 0.29) is 11.3 Å². The summed E-state index contributed by atoms with van der Waals surface area (Å²) in [7, 11) is 0. The molecule has 0 fully saturated rings. The van der Waals surface area contributed by atoms with Crippen molar-refractivity contribution < 1.29 is 14.0 Å². The Kier molecular flexibility index (Phi) is 4.18. The Bertz CT molecular complexity index is 434. The minimum Gasteiger partial charge on any atom is -0.342 e. The fourth-order valence-corrected chi connectivity index (χ4v) is 1.41. The third-order valence-corrected chi connectivity index (χ3v) is 2.62. The first kappa shape index (κ1) is 12.8. The molecule has 3 nitrogen and oxygen atoms in total. The van der Waals surface area contributed by atoms with Crippen molar-refractivity contribution >= 4 is 27.6 Å². The molecular weight excluding hydrogens is 277 g/mol. The molecule has 1 N–H and O–H groups in total. The van der Waals surface area contributed by atoms with Crippen LogP contribution in [0.3, 0.4) is 0 Å². The number of ketones is 1. The van der Waals surface area contributed by atoms with Gasteiger partial charge in [0.05, 0.1) is 11.6 Å². The molecule has 1 atom stereocenters. The van der Waals surface area contributed by atoms with E-state index in [1.54, 1.807) is 6.92 Å². The van der Waals surface area contributed by atoms with E-state index < -0.39 is 17.8 Å². The van der Waals surface area contributed by atoms with Gasteiger partial charge < -0.3 is 5.32 Å². The van der Waals surface area contributed by atoms with E-state index in [9.17, 15) is 14.0 Å². The highest BCUT2D eigenvalue weighted by atomic mass is 79.9. The highest BCUT2D eigenvalue weighted by Gasteiger charge is 2.16. The number of nitrogens with one attached hydrogen (secondary N) is 1. The highest BCUT2D eigenvalue weighted by Crippen LogP contribution is 2.15. The second-order valence-electron chi connectivity index (χ2n) is 3.43. The van der Waals surface area contributed by atoms with E-state index in [0.717, 1.165) is 0 Å². The second-order valence-corrected chi connectivity index (χ2v) is 4.35. The van der Waals surface area contributed by atoms with Gasteiger partial charge in [0, 0.05) is 4.47 Å².